The van der Waals surface area contributed by atoms with Crippen LogP contribution in [-0.2, 0) is 0 Å². The molecule has 0 spiro atoms. The highest BCUT2D eigenvalue weighted by atomic mass is 32.2. The van der Waals surface area contributed by atoms with Gasteiger partial charge in [0.25, 0.3) is 0 Å². The Morgan fingerprint density at radius 2 is 2.50 bits per heavy atom. The van der Waals surface area contributed by atoms with Crippen molar-refractivity contribution in [2.45, 2.75) is 18.9 Å². The number of nitrogens with one attached hydrogen (secondary N) is 2. The molecular weight excluding hydrogens is 198 g/mol. The number of hydrogen-bond donors (Lipinski definition) is 3. The smallest absolute Gasteiger partial charge is 0.191 e. The normalized spacial score (nSPS) is 20.6. The maximum absolute atomic E-state index is 9.88. The first-order valence-corrected chi connectivity index (χ1v) is 6.27. The Morgan fingerprint density at radius 3 is 3.07 bits per heavy atom. The lowest BCUT2D eigenvalue weighted by molar-refractivity contribution is 0.0897. The molecule has 82 valence electrons. The van der Waals surface area contributed by atoms with Gasteiger partial charge in [0.1, 0.15) is 0 Å². The predicted molar refractivity (Wildman–Crippen MR) is 61.9 cm³/mol. The molecule has 4 nitrogen and oxygen atoms in total. The molecule has 0 amide bonds. The summed E-state index contributed by atoms with van der Waals surface area (Å²) < 4.78 is 0. The SMILES string of the molecule is CSCC(C)(O)CNC1=NCCCN1. The maximum Gasteiger partial charge on any atom is 0.191 e. The first-order chi connectivity index (χ1) is 6.64. The van der Waals surface area contributed by atoms with Gasteiger partial charge in [-0.1, -0.05) is 0 Å². The molecule has 0 bridgehead atoms. The van der Waals surface area contributed by atoms with Gasteiger partial charge in [0, 0.05) is 25.4 Å². The van der Waals surface area contributed by atoms with Gasteiger partial charge in [-0.3, -0.25) is 4.99 Å². The molecule has 14 heavy (non-hydrogen) atoms. The van der Waals surface area contributed by atoms with Crippen LogP contribution in [0.3, 0.4) is 0 Å². The van der Waals surface area contributed by atoms with Gasteiger partial charge in [-0.15, -0.1) is 0 Å². The van der Waals surface area contributed by atoms with Crippen molar-refractivity contribution in [2.24, 2.45) is 4.99 Å². The van der Waals surface area contributed by atoms with E-state index in [2.05, 4.69) is 15.6 Å². The highest BCUT2D eigenvalue weighted by Gasteiger charge is 2.19. The van der Waals surface area contributed by atoms with Crippen molar-refractivity contribution in [3.05, 3.63) is 0 Å². The van der Waals surface area contributed by atoms with Crippen LogP contribution in [0.5, 0.6) is 0 Å². The van der Waals surface area contributed by atoms with Gasteiger partial charge in [0.2, 0.25) is 0 Å². The molecule has 0 saturated carbocycles. The number of guanidine groups is 1. The fourth-order valence-electron chi connectivity index (χ4n) is 1.29. The number of hydrogen-bond acceptors (Lipinski definition) is 5. The summed E-state index contributed by atoms with van der Waals surface area (Å²) >= 11 is 1.64. The summed E-state index contributed by atoms with van der Waals surface area (Å²) in [7, 11) is 0. The van der Waals surface area contributed by atoms with Crippen LogP contribution in [-0.4, -0.2) is 48.3 Å². The summed E-state index contributed by atoms with van der Waals surface area (Å²) in [5.74, 6) is 1.55. The summed E-state index contributed by atoms with van der Waals surface area (Å²) in [5, 5.41) is 16.2. The molecule has 1 unspecified atom stereocenters. The van der Waals surface area contributed by atoms with Crippen molar-refractivity contribution in [1.82, 2.24) is 10.6 Å². The summed E-state index contributed by atoms with van der Waals surface area (Å²) in [6.45, 7) is 4.22. The van der Waals surface area contributed by atoms with Gasteiger partial charge < -0.3 is 15.7 Å². The lowest BCUT2D eigenvalue weighted by atomic mass is 10.1. The highest BCUT2D eigenvalue weighted by molar-refractivity contribution is 7.98. The summed E-state index contributed by atoms with van der Waals surface area (Å²) in [6.07, 6.45) is 3.08. The summed E-state index contributed by atoms with van der Waals surface area (Å²) in [4.78, 5) is 4.27. The molecular formula is C9H19N3OS. The minimum atomic E-state index is -0.666. The summed E-state index contributed by atoms with van der Waals surface area (Å²) in [5.41, 5.74) is -0.666. The van der Waals surface area contributed by atoms with E-state index in [9.17, 15) is 5.11 Å². The average Bonchev–Trinajstić information content (AvgIpc) is 2.17. The fourth-order valence-corrected chi connectivity index (χ4v) is 2.01. The Morgan fingerprint density at radius 1 is 1.71 bits per heavy atom. The molecule has 1 aliphatic rings. The molecule has 1 heterocycles. The molecule has 3 N–H and O–H groups in total. The lowest BCUT2D eigenvalue weighted by Crippen LogP contribution is -2.48. The van der Waals surface area contributed by atoms with E-state index >= 15 is 0 Å². The van der Waals surface area contributed by atoms with Gasteiger partial charge in [-0.2, -0.15) is 11.8 Å². The van der Waals surface area contributed by atoms with E-state index in [4.69, 9.17) is 0 Å². The highest BCUT2D eigenvalue weighted by Crippen LogP contribution is 2.08. The van der Waals surface area contributed by atoms with Crippen molar-refractivity contribution >= 4 is 17.7 Å². The molecule has 0 aromatic heterocycles. The molecule has 0 fully saturated rings. The van der Waals surface area contributed by atoms with E-state index in [-0.39, 0.29) is 0 Å². The Hall–Kier alpha value is -0.420. The molecule has 0 aromatic rings. The molecule has 1 aliphatic heterocycles. The summed E-state index contributed by atoms with van der Waals surface area (Å²) in [6, 6.07) is 0. The number of thioether (sulfide) groups is 1. The zero-order valence-corrected chi connectivity index (χ0v) is 9.65. The van der Waals surface area contributed by atoms with Crippen molar-refractivity contribution in [3.8, 4) is 0 Å². The maximum atomic E-state index is 9.88. The Kier molecular flexibility index (Phi) is 4.54. The number of aliphatic hydroxyl groups is 1. The molecule has 0 radical (unpaired) electrons. The quantitative estimate of drug-likeness (QED) is 0.622. The van der Waals surface area contributed by atoms with Crippen LogP contribution >= 0.6 is 11.8 Å². The van der Waals surface area contributed by atoms with Crippen LogP contribution in [0.4, 0.5) is 0 Å². The second-order valence-electron chi connectivity index (χ2n) is 3.79. The lowest BCUT2D eigenvalue weighted by Gasteiger charge is -2.25. The van der Waals surface area contributed by atoms with Crippen LogP contribution in [0.15, 0.2) is 4.99 Å². The second-order valence-corrected chi connectivity index (χ2v) is 4.66. The third kappa shape index (κ3) is 4.19. The third-order valence-corrected chi connectivity index (χ3v) is 2.90. The third-order valence-electron chi connectivity index (χ3n) is 1.99. The molecule has 0 aromatic carbocycles. The first kappa shape index (κ1) is 11.7. The molecule has 0 saturated heterocycles. The minimum absolute atomic E-state index is 0.541. The molecule has 5 heteroatoms. The topological polar surface area (TPSA) is 56.6 Å². The van der Waals surface area contributed by atoms with Gasteiger partial charge in [0.05, 0.1) is 5.60 Å². The van der Waals surface area contributed by atoms with E-state index in [0.717, 1.165) is 31.2 Å². The largest absolute Gasteiger partial charge is 0.387 e. The Bertz CT molecular complexity index is 206. The van der Waals surface area contributed by atoms with Crippen LogP contribution in [0.2, 0.25) is 0 Å². The van der Waals surface area contributed by atoms with Crippen molar-refractivity contribution in [3.63, 3.8) is 0 Å². The van der Waals surface area contributed by atoms with E-state index in [1.54, 1.807) is 11.8 Å². The first-order valence-electron chi connectivity index (χ1n) is 4.87. The van der Waals surface area contributed by atoms with Gasteiger partial charge in [-0.05, 0) is 19.6 Å². The number of rotatable bonds is 4. The van der Waals surface area contributed by atoms with Gasteiger partial charge >= 0.3 is 0 Å². The fraction of sp³-hybridized carbons (Fsp3) is 0.889. The van der Waals surface area contributed by atoms with E-state index in [1.807, 2.05) is 13.2 Å². The predicted octanol–water partition coefficient (Wildman–Crippen LogP) is 0.0393. The monoisotopic (exact) mass is 217 g/mol. The molecule has 1 rings (SSSR count). The standard InChI is InChI=1S/C9H19N3OS/c1-9(13,7-14-2)6-12-8-10-4-3-5-11-8/h13H,3-7H2,1-2H3,(H2,10,11,12). The van der Waals surface area contributed by atoms with Gasteiger partial charge in [-0.25, -0.2) is 0 Å². The Balaban J connectivity index is 2.27. The van der Waals surface area contributed by atoms with Crippen LogP contribution in [0.1, 0.15) is 13.3 Å². The number of nitrogens with zero attached hydrogens (tertiary/aromatic N) is 1. The van der Waals surface area contributed by atoms with Crippen molar-refractivity contribution in [2.75, 3.05) is 31.6 Å². The van der Waals surface area contributed by atoms with E-state index < -0.39 is 5.60 Å². The minimum Gasteiger partial charge on any atom is -0.387 e. The molecule has 0 aliphatic carbocycles. The zero-order chi connectivity index (χ0) is 10.4. The van der Waals surface area contributed by atoms with Crippen LogP contribution in [0, 0.1) is 0 Å². The van der Waals surface area contributed by atoms with Crippen molar-refractivity contribution in [1.29, 1.82) is 0 Å². The van der Waals surface area contributed by atoms with E-state index in [0.29, 0.717) is 6.54 Å². The van der Waals surface area contributed by atoms with Crippen LogP contribution in [0.25, 0.3) is 0 Å². The zero-order valence-electron chi connectivity index (χ0n) is 8.84. The number of aliphatic imine (C=N–C) groups is 1. The van der Waals surface area contributed by atoms with E-state index in [1.165, 1.54) is 0 Å². The van der Waals surface area contributed by atoms with Gasteiger partial charge in [0.15, 0.2) is 5.96 Å². The average molecular weight is 217 g/mol. The Labute approximate surface area is 89.6 Å². The van der Waals surface area contributed by atoms with Crippen LogP contribution < -0.4 is 10.6 Å². The molecule has 1 atom stereocenters. The van der Waals surface area contributed by atoms with Crippen molar-refractivity contribution < 1.29 is 5.11 Å². The second kappa shape index (κ2) is 5.46.